The molecule has 1 aliphatic rings. The summed E-state index contributed by atoms with van der Waals surface area (Å²) in [5.41, 5.74) is 0.562. The highest BCUT2D eigenvalue weighted by Crippen LogP contribution is 2.19. The molecule has 8 heteroatoms. The van der Waals surface area contributed by atoms with Crippen molar-refractivity contribution < 1.29 is 9.53 Å². The monoisotopic (exact) mass is 348 g/mol. The van der Waals surface area contributed by atoms with E-state index in [1.807, 2.05) is 5.38 Å². The fourth-order valence-electron chi connectivity index (χ4n) is 2.84. The summed E-state index contributed by atoms with van der Waals surface area (Å²) in [6.45, 7) is 6.57. The minimum atomic E-state index is -0.452. The molecule has 2 aromatic heterocycles. The first kappa shape index (κ1) is 16.8. The van der Waals surface area contributed by atoms with Gasteiger partial charge in [0, 0.05) is 31.2 Å². The molecular weight excluding hydrogens is 328 g/mol. The van der Waals surface area contributed by atoms with Gasteiger partial charge < -0.3 is 9.72 Å². The van der Waals surface area contributed by atoms with Crippen molar-refractivity contribution in [1.29, 1.82) is 0 Å². The van der Waals surface area contributed by atoms with Crippen molar-refractivity contribution in [3.05, 3.63) is 45.3 Å². The van der Waals surface area contributed by atoms with Gasteiger partial charge in [-0.3, -0.25) is 19.8 Å². The van der Waals surface area contributed by atoms with Crippen LogP contribution in [0.15, 0.2) is 28.5 Å². The average molecular weight is 348 g/mol. The Kier molecular flexibility index (Phi) is 5.08. The van der Waals surface area contributed by atoms with Gasteiger partial charge in [0.1, 0.15) is 5.56 Å². The van der Waals surface area contributed by atoms with Gasteiger partial charge >= 0.3 is 0 Å². The largest absolute Gasteiger partial charge is 0.373 e. The fourth-order valence-corrected chi connectivity index (χ4v) is 3.54. The minimum Gasteiger partial charge on any atom is -0.373 e. The summed E-state index contributed by atoms with van der Waals surface area (Å²) in [5.74, 6) is -0.452. The normalized spacial score (nSPS) is 21.6. The molecule has 2 aromatic rings. The van der Waals surface area contributed by atoms with E-state index in [9.17, 15) is 9.59 Å². The van der Waals surface area contributed by atoms with E-state index in [0.29, 0.717) is 5.13 Å². The summed E-state index contributed by atoms with van der Waals surface area (Å²) >= 11 is 1.36. The Balaban J connectivity index is 1.62. The van der Waals surface area contributed by atoms with Crippen LogP contribution < -0.4 is 10.9 Å². The Bertz CT molecular complexity index is 762. The molecule has 24 heavy (non-hydrogen) atoms. The molecule has 1 amide bonds. The van der Waals surface area contributed by atoms with Crippen molar-refractivity contribution in [2.45, 2.75) is 32.6 Å². The summed E-state index contributed by atoms with van der Waals surface area (Å²) in [4.78, 5) is 33.0. The number of nitrogens with one attached hydrogen (secondary N) is 2. The number of carbonyl (C=O) groups is 1. The van der Waals surface area contributed by atoms with Gasteiger partial charge in [0.2, 0.25) is 0 Å². The third-order valence-corrected chi connectivity index (χ3v) is 4.52. The van der Waals surface area contributed by atoms with Crippen LogP contribution in [0, 0.1) is 0 Å². The lowest BCUT2D eigenvalue weighted by atomic mass is 10.2. The Hall–Kier alpha value is -2.03. The molecule has 0 aliphatic carbocycles. The SMILES string of the molecule is C[C@H]1CN(Cc2csc(NC(=O)c3ccc[nH]c3=O)n2)C[C@H](C)O1. The van der Waals surface area contributed by atoms with Crippen LogP contribution in [-0.4, -0.2) is 46.1 Å². The average Bonchev–Trinajstić information content (AvgIpc) is 2.93. The highest BCUT2D eigenvalue weighted by Gasteiger charge is 2.23. The molecule has 1 saturated heterocycles. The molecule has 128 valence electrons. The predicted molar refractivity (Wildman–Crippen MR) is 92.4 cm³/mol. The van der Waals surface area contributed by atoms with Gasteiger partial charge in [-0.25, -0.2) is 4.98 Å². The van der Waals surface area contributed by atoms with E-state index < -0.39 is 11.5 Å². The van der Waals surface area contributed by atoms with E-state index in [4.69, 9.17) is 4.74 Å². The van der Waals surface area contributed by atoms with Gasteiger partial charge in [0.25, 0.3) is 11.5 Å². The molecular formula is C16H20N4O3S. The Morgan fingerprint density at radius 3 is 2.92 bits per heavy atom. The molecule has 0 spiro atoms. The molecule has 3 heterocycles. The summed E-state index contributed by atoms with van der Waals surface area (Å²) in [7, 11) is 0. The summed E-state index contributed by atoms with van der Waals surface area (Å²) in [6, 6.07) is 3.10. The maximum atomic E-state index is 12.1. The quantitative estimate of drug-likeness (QED) is 0.878. The number of pyridine rings is 1. The summed E-state index contributed by atoms with van der Waals surface area (Å²) in [6.07, 6.45) is 1.90. The number of morpholine rings is 1. The number of hydrogen-bond donors (Lipinski definition) is 2. The summed E-state index contributed by atoms with van der Waals surface area (Å²) < 4.78 is 5.72. The van der Waals surface area contributed by atoms with E-state index in [1.54, 1.807) is 6.07 Å². The van der Waals surface area contributed by atoms with Crippen molar-refractivity contribution in [2.24, 2.45) is 0 Å². The predicted octanol–water partition coefficient (Wildman–Crippen LogP) is 1.69. The van der Waals surface area contributed by atoms with E-state index >= 15 is 0 Å². The standard InChI is InChI=1S/C16H20N4O3S/c1-10-6-20(7-11(2)23-10)8-12-9-24-16(18-12)19-15(22)13-4-3-5-17-14(13)21/h3-5,9-11H,6-8H2,1-2H3,(H,17,21)(H,18,19,22)/t10-,11-/m0/s1. The molecule has 2 N–H and O–H groups in total. The number of aromatic nitrogens is 2. The van der Waals surface area contributed by atoms with Crippen LogP contribution in [0.5, 0.6) is 0 Å². The molecule has 0 radical (unpaired) electrons. The van der Waals surface area contributed by atoms with Crippen molar-refractivity contribution in [3.8, 4) is 0 Å². The lowest BCUT2D eigenvalue weighted by molar-refractivity contribution is -0.0707. The molecule has 0 bridgehead atoms. The number of hydrogen-bond acceptors (Lipinski definition) is 6. The van der Waals surface area contributed by atoms with E-state index in [-0.39, 0.29) is 17.8 Å². The number of amides is 1. The maximum absolute atomic E-state index is 12.1. The lowest BCUT2D eigenvalue weighted by Crippen LogP contribution is -2.44. The second kappa shape index (κ2) is 7.25. The van der Waals surface area contributed by atoms with E-state index in [1.165, 1.54) is 23.6 Å². The lowest BCUT2D eigenvalue weighted by Gasteiger charge is -2.34. The first-order chi connectivity index (χ1) is 11.5. The van der Waals surface area contributed by atoms with Gasteiger partial charge in [-0.1, -0.05) is 0 Å². The molecule has 1 fully saturated rings. The van der Waals surface area contributed by atoms with Crippen molar-refractivity contribution >= 4 is 22.4 Å². The topological polar surface area (TPSA) is 87.3 Å². The van der Waals surface area contributed by atoms with Crippen LogP contribution in [0.3, 0.4) is 0 Å². The highest BCUT2D eigenvalue weighted by molar-refractivity contribution is 7.13. The smallest absolute Gasteiger partial charge is 0.263 e. The molecule has 0 aromatic carbocycles. The van der Waals surface area contributed by atoms with Gasteiger partial charge in [0.15, 0.2) is 5.13 Å². The van der Waals surface area contributed by atoms with Crippen LogP contribution >= 0.6 is 11.3 Å². The molecule has 1 aliphatic heterocycles. The molecule has 3 rings (SSSR count). The number of carbonyl (C=O) groups excluding carboxylic acids is 1. The first-order valence-electron chi connectivity index (χ1n) is 7.82. The third-order valence-electron chi connectivity index (χ3n) is 3.72. The third kappa shape index (κ3) is 4.08. The van der Waals surface area contributed by atoms with Crippen molar-refractivity contribution in [1.82, 2.24) is 14.9 Å². The van der Waals surface area contributed by atoms with Crippen LogP contribution in [0.1, 0.15) is 29.9 Å². The number of aromatic amines is 1. The Morgan fingerprint density at radius 1 is 1.46 bits per heavy atom. The first-order valence-corrected chi connectivity index (χ1v) is 8.70. The van der Waals surface area contributed by atoms with Crippen molar-refractivity contribution in [3.63, 3.8) is 0 Å². The number of rotatable bonds is 4. The Morgan fingerprint density at radius 2 is 2.21 bits per heavy atom. The Labute approximate surface area is 143 Å². The number of H-pyrrole nitrogens is 1. The zero-order valence-electron chi connectivity index (χ0n) is 13.6. The minimum absolute atomic E-state index is 0.0741. The van der Waals surface area contributed by atoms with Gasteiger partial charge in [-0.05, 0) is 26.0 Å². The van der Waals surface area contributed by atoms with Crippen LogP contribution in [0.4, 0.5) is 5.13 Å². The molecule has 7 nitrogen and oxygen atoms in total. The zero-order valence-corrected chi connectivity index (χ0v) is 14.4. The van der Waals surface area contributed by atoms with Gasteiger partial charge in [0.05, 0.1) is 17.9 Å². The zero-order chi connectivity index (χ0) is 17.1. The highest BCUT2D eigenvalue weighted by atomic mass is 32.1. The number of anilines is 1. The molecule has 2 atom stereocenters. The summed E-state index contributed by atoms with van der Waals surface area (Å²) in [5, 5.41) is 5.10. The van der Waals surface area contributed by atoms with Crippen molar-refractivity contribution in [2.75, 3.05) is 18.4 Å². The van der Waals surface area contributed by atoms with E-state index in [2.05, 4.69) is 34.0 Å². The molecule has 0 saturated carbocycles. The second-order valence-corrected chi connectivity index (χ2v) is 6.82. The van der Waals surface area contributed by atoms with Crippen LogP contribution in [0.25, 0.3) is 0 Å². The van der Waals surface area contributed by atoms with Gasteiger partial charge in [-0.2, -0.15) is 0 Å². The second-order valence-electron chi connectivity index (χ2n) is 5.96. The maximum Gasteiger partial charge on any atom is 0.263 e. The van der Waals surface area contributed by atoms with Crippen LogP contribution in [-0.2, 0) is 11.3 Å². The van der Waals surface area contributed by atoms with Gasteiger partial charge in [-0.15, -0.1) is 11.3 Å². The number of thiazole rings is 1. The van der Waals surface area contributed by atoms with E-state index in [0.717, 1.165) is 25.3 Å². The number of nitrogens with zero attached hydrogens (tertiary/aromatic N) is 2. The number of ether oxygens (including phenoxy) is 1. The van der Waals surface area contributed by atoms with Crippen LogP contribution in [0.2, 0.25) is 0 Å². The molecule has 0 unspecified atom stereocenters. The fraction of sp³-hybridized carbons (Fsp3) is 0.438.